The molecule has 2 aromatic carbocycles. The molecule has 104 valence electrons. The van der Waals surface area contributed by atoms with Crippen molar-refractivity contribution in [3.63, 3.8) is 0 Å². The average molecular weight is 270 g/mol. The van der Waals surface area contributed by atoms with Crippen LogP contribution >= 0.6 is 0 Å². The number of carbonyl (C=O) groups is 1. The fraction of sp³-hybridized carbons (Fsp3) is 0.235. The Balaban J connectivity index is 2.50. The number of ether oxygens (including phenoxy) is 1. The summed E-state index contributed by atoms with van der Waals surface area (Å²) in [6.07, 6.45) is 0. The molecule has 0 aliphatic carbocycles. The Labute approximate surface area is 118 Å². The summed E-state index contributed by atoms with van der Waals surface area (Å²) in [4.78, 5) is 11.4. The first-order valence-corrected chi connectivity index (χ1v) is 6.64. The van der Waals surface area contributed by atoms with Crippen LogP contribution in [-0.4, -0.2) is 17.7 Å². The van der Waals surface area contributed by atoms with Crippen LogP contribution in [0.3, 0.4) is 0 Å². The van der Waals surface area contributed by atoms with Crippen molar-refractivity contribution in [3.8, 4) is 16.9 Å². The second-order valence-electron chi connectivity index (χ2n) is 5.06. The molecule has 1 N–H and O–H groups in total. The van der Waals surface area contributed by atoms with Gasteiger partial charge in [0, 0.05) is 5.56 Å². The zero-order valence-corrected chi connectivity index (χ0v) is 11.7. The van der Waals surface area contributed by atoms with Gasteiger partial charge in [0.1, 0.15) is 11.3 Å². The van der Waals surface area contributed by atoms with E-state index >= 15 is 0 Å². The van der Waals surface area contributed by atoms with Gasteiger partial charge >= 0.3 is 5.97 Å². The summed E-state index contributed by atoms with van der Waals surface area (Å²) in [5, 5.41) is 9.32. The number of benzene rings is 2. The van der Waals surface area contributed by atoms with E-state index in [1.165, 1.54) is 0 Å². The Kier molecular flexibility index (Phi) is 4.41. The van der Waals surface area contributed by atoms with Gasteiger partial charge in [0.05, 0.1) is 6.61 Å². The maximum atomic E-state index is 11.4. The highest BCUT2D eigenvalue weighted by Crippen LogP contribution is 2.33. The van der Waals surface area contributed by atoms with E-state index in [-0.39, 0.29) is 5.56 Å². The molecule has 3 nitrogen and oxygen atoms in total. The molecule has 20 heavy (non-hydrogen) atoms. The van der Waals surface area contributed by atoms with Gasteiger partial charge < -0.3 is 9.84 Å². The van der Waals surface area contributed by atoms with E-state index in [0.717, 1.165) is 11.1 Å². The molecular formula is C17H18O3. The van der Waals surface area contributed by atoms with Crippen molar-refractivity contribution in [2.45, 2.75) is 13.8 Å². The zero-order valence-electron chi connectivity index (χ0n) is 11.7. The topological polar surface area (TPSA) is 46.5 Å². The molecule has 3 heteroatoms. The van der Waals surface area contributed by atoms with Gasteiger partial charge in [-0.3, -0.25) is 0 Å². The van der Waals surface area contributed by atoms with E-state index in [9.17, 15) is 9.90 Å². The molecule has 0 heterocycles. The molecule has 0 amide bonds. The first kappa shape index (κ1) is 14.1. The van der Waals surface area contributed by atoms with Crippen molar-refractivity contribution >= 4 is 5.97 Å². The molecule has 0 unspecified atom stereocenters. The van der Waals surface area contributed by atoms with Crippen molar-refractivity contribution in [1.82, 2.24) is 0 Å². The summed E-state index contributed by atoms with van der Waals surface area (Å²) < 4.78 is 5.76. The van der Waals surface area contributed by atoms with Crippen molar-refractivity contribution in [3.05, 3.63) is 54.1 Å². The van der Waals surface area contributed by atoms with Crippen molar-refractivity contribution in [2.24, 2.45) is 5.92 Å². The summed E-state index contributed by atoms with van der Waals surface area (Å²) in [5.41, 5.74) is 1.97. The van der Waals surface area contributed by atoms with Gasteiger partial charge in [-0.05, 0) is 17.5 Å². The number of para-hydroxylation sites is 1. The van der Waals surface area contributed by atoms with Crippen LogP contribution in [0.15, 0.2) is 48.5 Å². The quantitative estimate of drug-likeness (QED) is 0.890. The molecule has 0 aliphatic heterocycles. The van der Waals surface area contributed by atoms with Crippen molar-refractivity contribution in [1.29, 1.82) is 0 Å². The molecule has 0 saturated carbocycles. The first-order valence-electron chi connectivity index (χ1n) is 6.64. The lowest BCUT2D eigenvalue weighted by Crippen LogP contribution is -2.09. The number of hydrogen-bond acceptors (Lipinski definition) is 2. The van der Waals surface area contributed by atoms with E-state index in [2.05, 4.69) is 0 Å². The van der Waals surface area contributed by atoms with Crippen LogP contribution in [0.5, 0.6) is 5.75 Å². The fourth-order valence-corrected chi connectivity index (χ4v) is 1.96. The Hall–Kier alpha value is -2.29. The minimum atomic E-state index is -0.971. The van der Waals surface area contributed by atoms with Crippen LogP contribution in [-0.2, 0) is 0 Å². The monoisotopic (exact) mass is 270 g/mol. The summed E-state index contributed by atoms with van der Waals surface area (Å²) >= 11 is 0. The highest BCUT2D eigenvalue weighted by Gasteiger charge is 2.16. The summed E-state index contributed by atoms with van der Waals surface area (Å²) in [6, 6.07) is 14.9. The Morgan fingerprint density at radius 2 is 1.80 bits per heavy atom. The number of aromatic carboxylic acids is 1. The third-order valence-electron chi connectivity index (χ3n) is 2.89. The lowest BCUT2D eigenvalue weighted by molar-refractivity contribution is 0.0691. The van der Waals surface area contributed by atoms with Crippen LogP contribution < -0.4 is 4.74 Å². The maximum absolute atomic E-state index is 11.4. The molecule has 0 bridgehead atoms. The second kappa shape index (κ2) is 6.24. The zero-order chi connectivity index (χ0) is 14.5. The summed E-state index contributed by atoms with van der Waals surface area (Å²) in [6.45, 7) is 4.56. The Morgan fingerprint density at radius 1 is 1.10 bits per heavy atom. The number of carboxylic acid groups (broad SMARTS) is 1. The van der Waals surface area contributed by atoms with E-state index in [0.29, 0.717) is 18.3 Å². The number of hydrogen-bond donors (Lipinski definition) is 1. The molecule has 0 saturated heterocycles. The van der Waals surface area contributed by atoms with E-state index in [4.69, 9.17) is 4.74 Å². The van der Waals surface area contributed by atoms with Gasteiger partial charge in [-0.15, -0.1) is 0 Å². The van der Waals surface area contributed by atoms with Crippen LogP contribution in [0.4, 0.5) is 0 Å². The van der Waals surface area contributed by atoms with Crippen LogP contribution in [0.1, 0.15) is 24.2 Å². The summed E-state index contributed by atoms with van der Waals surface area (Å²) in [5.74, 6) is -0.193. The van der Waals surface area contributed by atoms with Crippen LogP contribution in [0.2, 0.25) is 0 Å². The number of carboxylic acids is 1. The lowest BCUT2D eigenvalue weighted by atomic mass is 10.0. The predicted molar refractivity (Wildman–Crippen MR) is 79.2 cm³/mol. The molecule has 0 aromatic heterocycles. The molecule has 0 spiro atoms. The Morgan fingerprint density at radius 3 is 2.40 bits per heavy atom. The van der Waals surface area contributed by atoms with E-state index in [1.807, 2.05) is 50.2 Å². The lowest BCUT2D eigenvalue weighted by Gasteiger charge is -2.15. The van der Waals surface area contributed by atoms with Gasteiger partial charge in [0.15, 0.2) is 0 Å². The molecular weight excluding hydrogens is 252 g/mol. The van der Waals surface area contributed by atoms with Gasteiger partial charge in [-0.1, -0.05) is 56.3 Å². The Bertz CT molecular complexity index is 588. The molecule has 0 aliphatic rings. The van der Waals surface area contributed by atoms with E-state index < -0.39 is 5.97 Å². The van der Waals surface area contributed by atoms with Gasteiger partial charge in [-0.2, -0.15) is 0 Å². The SMILES string of the molecule is CC(C)COc1c(C(=O)O)cccc1-c1ccccc1. The third kappa shape index (κ3) is 3.18. The minimum Gasteiger partial charge on any atom is -0.492 e. The predicted octanol–water partition coefficient (Wildman–Crippen LogP) is 4.09. The molecule has 2 rings (SSSR count). The van der Waals surface area contributed by atoms with Gasteiger partial charge in [0.25, 0.3) is 0 Å². The highest BCUT2D eigenvalue weighted by atomic mass is 16.5. The normalized spacial score (nSPS) is 10.6. The van der Waals surface area contributed by atoms with Gasteiger partial charge in [-0.25, -0.2) is 4.79 Å². The van der Waals surface area contributed by atoms with Crippen LogP contribution in [0, 0.1) is 5.92 Å². The molecule has 0 fully saturated rings. The minimum absolute atomic E-state index is 0.201. The highest BCUT2D eigenvalue weighted by molar-refractivity contribution is 5.94. The molecule has 0 atom stereocenters. The maximum Gasteiger partial charge on any atom is 0.339 e. The third-order valence-corrected chi connectivity index (χ3v) is 2.89. The van der Waals surface area contributed by atoms with Crippen molar-refractivity contribution in [2.75, 3.05) is 6.61 Å². The fourth-order valence-electron chi connectivity index (χ4n) is 1.96. The van der Waals surface area contributed by atoms with Gasteiger partial charge in [0.2, 0.25) is 0 Å². The summed E-state index contributed by atoms with van der Waals surface area (Å²) in [7, 11) is 0. The molecule has 0 radical (unpaired) electrons. The largest absolute Gasteiger partial charge is 0.492 e. The molecule has 2 aromatic rings. The van der Waals surface area contributed by atoms with Crippen molar-refractivity contribution < 1.29 is 14.6 Å². The standard InChI is InChI=1S/C17H18O3/c1-12(2)11-20-16-14(13-7-4-3-5-8-13)9-6-10-15(16)17(18)19/h3-10,12H,11H2,1-2H3,(H,18,19). The first-order chi connectivity index (χ1) is 9.59. The van der Waals surface area contributed by atoms with E-state index in [1.54, 1.807) is 12.1 Å². The smallest absolute Gasteiger partial charge is 0.339 e. The average Bonchev–Trinajstić information content (AvgIpc) is 2.45. The number of rotatable bonds is 5. The van der Waals surface area contributed by atoms with Crippen LogP contribution in [0.25, 0.3) is 11.1 Å². The second-order valence-corrected chi connectivity index (χ2v) is 5.06.